The van der Waals surface area contributed by atoms with E-state index in [1.54, 1.807) is 0 Å². The monoisotopic (exact) mass is 249 g/mol. The standard InChI is InChI=1S/C14H23N3O/c1-10-5-15-13(18-10)11(2)17-7-12-6-16(4)8-14(12,3)9-17/h5,11-12H,6-9H2,1-4H3/t11?,12-,14+/m0/s1. The van der Waals surface area contributed by atoms with Gasteiger partial charge in [0.05, 0.1) is 12.2 Å². The van der Waals surface area contributed by atoms with E-state index in [4.69, 9.17) is 4.42 Å². The Labute approximate surface area is 109 Å². The SMILES string of the molecule is Cc1cnc(C(C)N2C[C@@H]3CN(C)C[C@]3(C)C2)o1. The van der Waals surface area contributed by atoms with Crippen LogP contribution in [0.15, 0.2) is 10.6 Å². The van der Waals surface area contributed by atoms with Gasteiger partial charge in [-0.25, -0.2) is 4.98 Å². The lowest BCUT2D eigenvalue weighted by Gasteiger charge is -2.26. The van der Waals surface area contributed by atoms with Gasteiger partial charge in [0.15, 0.2) is 0 Å². The van der Waals surface area contributed by atoms with Crippen molar-refractivity contribution in [2.24, 2.45) is 11.3 Å². The molecule has 0 spiro atoms. The van der Waals surface area contributed by atoms with Crippen LogP contribution in [0.1, 0.15) is 31.5 Å². The molecule has 2 aliphatic rings. The Morgan fingerprint density at radius 1 is 1.44 bits per heavy atom. The van der Waals surface area contributed by atoms with E-state index in [2.05, 4.69) is 35.7 Å². The molecule has 0 aliphatic carbocycles. The van der Waals surface area contributed by atoms with E-state index in [1.807, 2.05) is 13.1 Å². The average molecular weight is 249 g/mol. The summed E-state index contributed by atoms with van der Waals surface area (Å²) in [6.45, 7) is 11.4. The van der Waals surface area contributed by atoms with Gasteiger partial charge in [-0.1, -0.05) is 6.92 Å². The first-order valence-corrected chi connectivity index (χ1v) is 6.83. The number of hydrogen-bond donors (Lipinski definition) is 0. The zero-order chi connectivity index (χ0) is 12.9. The lowest BCUT2D eigenvalue weighted by Crippen LogP contribution is -2.32. The quantitative estimate of drug-likeness (QED) is 0.801. The molecule has 3 rings (SSSR count). The van der Waals surface area contributed by atoms with Gasteiger partial charge in [-0.15, -0.1) is 0 Å². The van der Waals surface area contributed by atoms with E-state index in [0.717, 1.165) is 24.1 Å². The fourth-order valence-electron chi connectivity index (χ4n) is 3.69. The molecule has 0 amide bonds. The van der Waals surface area contributed by atoms with Crippen LogP contribution < -0.4 is 0 Å². The summed E-state index contributed by atoms with van der Waals surface area (Å²) in [5, 5.41) is 0. The van der Waals surface area contributed by atoms with E-state index in [9.17, 15) is 0 Å². The molecule has 2 aliphatic heterocycles. The molecule has 0 N–H and O–H groups in total. The first kappa shape index (κ1) is 12.2. The van der Waals surface area contributed by atoms with Gasteiger partial charge in [0.25, 0.3) is 0 Å². The number of fused-ring (bicyclic) bond motifs is 1. The number of aryl methyl sites for hydroxylation is 1. The van der Waals surface area contributed by atoms with Crippen molar-refractivity contribution in [3.63, 3.8) is 0 Å². The summed E-state index contributed by atoms with van der Waals surface area (Å²) in [4.78, 5) is 9.36. The minimum absolute atomic E-state index is 0.298. The Morgan fingerprint density at radius 3 is 2.83 bits per heavy atom. The highest BCUT2D eigenvalue weighted by atomic mass is 16.4. The number of aromatic nitrogens is 1. The van der Waals surface area contributed by atoms with Gasteiger partial charge < -0.3 is 9.32 Å². The van der Waals surface area contributed by atoms with Gasteiger partial charge in [0.1, 0.15) is 5.76 Å². The number of likely N-dealkylation sites (tertiary alicyclic amines) is 2. The minimum Gasteiger partial charge on any atom is -0.444 e. The van der Waals surface area contributed by atoms with Crippen molar-refractivity contribution in [1.82, 2.24) is 14.8 Å². The van der Waals surface area contributed by atoms with Crippen LogP contribution in [-0.2, 0) is 0 Å². The molecule has 0 aromatic carbocycles. The first-order valence-electron chi connectivity index (χ1n) is 6.83. The maximum Gasteiger partial charge on any atom is 0.211 e. The van der Waals surface area contributed by atoms with E-state index in [1.165, 1.54) is 19.6 Å². The molecule has 4 heteroatoms. The molecule has 100 valence electrons. The van der Waals surface area contributed by atoms with Crippen molar-refractivity contribution in [2.45, 2.75) is 26.8 Å². The largest absolute Gasteiger partial charge is 0.444 e. The summed E-state index contributed by atoms with van der Waals surface area (Å²) >= 11 is 0. The first-order chi connectivity index (χ1) is 8.48. The van der Waals surface area contributed by atoms with Crippen LogP contribution >= 0.6 is 0 Å². The molecule has 0 radical (unpaired) electrons. The zero-order valence-corrected chi connectivity index (χ0v) is 11.8. The summed E-state index contributed by atoms with van der Waals surface area (Å²) in [6.07, 6.45) is 1.82. The van der Waals surface area contributed by atoms with Crippen molar-refractivity contribution in [1.29, 1.82) is 0 Å². The summed E-state index contributed by atoms with van der Waals surface area (Å²) in [5.74, 6) is 2.56. The van der Waals surface area contributed by atoms with Crippen LogP contribution in [0.3, 0.4) is 0 Å². The van der Waals surface area contributed by atoms with Gasteiger partial charge in [-0.05, 0) is 32.2 Å². The molecule has 0 saturated carbocycles. The van der Waals surface area contributed by atoms with Crippen molar-refractivity contribution in [3.05, 3.63) is 17.8 Å². The molecule has 0 bridgehead atoms. The summed E-state index contributed by atoms with van der Waals surface area (Å²) in [6, 6.07) is 0.298. The third-order valence-electron chi connectivity index (χ3n) is 4.71. The fourth-order valence-corrected chi connectivity index (χ4v) is 3.69. The van der Waals surface area contributed by atoms with Gasteiger partial charge >= 0.3 is 0 Å². The highest BCUT2D eigenvalue weighted by Crippen LogP contribution is 2.43. The highest BCUT2D eigenvalue weighted by molar-refractivity contribution is 5.04. The van der Waals surface area contributed by atoms with Crippen LogP contribution in [-0.4, -0.2) is 48.0 Å². The lowest BCUT2D eigenvalue weighted by atomic mass is 9.83. The van der Waals surface area contributed by atoms with Gasteiger partial charge in [-0.3, -0.25) is 4.90 Å². The summed E-state index contributed by atoms with van der Waals surface area (Å²) in [5.41, 5.74) is 0.449. The normalized spacial score (nSPS) is 35.0. The van der Waals surface area contributed by atoms with E-state index < -0.39 is 0 Å². The summed E-state index contributed by atoms with van der Waals surface area (Å²) in [7, 11) is 2.23. The maximum atomic E-state index is 5.67. The number of rotatable bonds is 2. The van der Waals surface area contributed by atoms with E-state index >= 15 is 0 Å². The van der Waals surface area contributed by atoms with Crippen LogP contribution in [0.2, 0.25) is 0 Å². The Kier molecular flexibility index (Phi) is 2.75. The predicted molar refractivity (Wildman–Crippen MR) is 70.3 cm³/mol. The Morgan fingerprint density at radius 2 is 2.22 bits per heavy atom. The van der Waals surface area contributed by atoms with Crippen LogP contribution in [0.5, 0.6) is 0 Å². The number of nitrogens with zero attached hydrogens (tertiary/aromatic N) is 3. The smallest absolute Gasteiger partial charge is 0.211 e. The molecule has 18 heavy (non-hydrogen) atoms. The minimum atomic E-state index is 0.298. The number of oxazole rings is 1. The molecule has 3 heterocycles. The molecular weight excluding hydrogens is 226 g/mol. The second kappa shape index (κ2) is 4.07. The third-order valence-corrected chi connectivity index (χ3v) is 4.71. The van der Waals surface area contributed by atoms with E-state index in [0.29, 0.717) is 11.5 Å². The molecule has 1 unspecified atom stereocenters. The number of hydrogen-bond acceptors (Lipinski definition) is 4. The van der Waals surface area contributed by atoms with Crippen molar-refractivity contribution < 1.29 is 4.42 Å². The Hall–Kier alpha value is -0.870. The van der Waals surface area contributed by atoms with Crippen LogP contribution in [0.25, 0.3) is 0 Å². The highest BCUT2D eigenvalue weighted by Gasteiger charge is 2.49. The van der Waals surface area contributed by atoms with Crippen molar-refractivity contribution in [2.75, 3.05) is 33.2 Å². The lowest BCUT2D eigenvalue weighted by molar-refractivity contribution is 0.180. The van der Waals surface area contributed by atoms with Gasteiger partial charge in [0.2, 0.25) is 5.89 Å². The average Bonchev–Trinajstić information content (AvgIpc) is 2.89. The molecule has 3 atom stereocenters. The Balaban J connectivity index is 1.73. The van der Waals surface area contributed by atoms with Crippen molar-refractivity contribution >= 4 is 0 Å². The topological polar surface area (TPSA) is 32.5 Å². The fraction of sp³-hybridized carbons (Fsp3) is 0.786. The van der Waals surface area contributed by atoms with Gasteiger partial charge in [0, 0.05) is 26.2 Å². The maximum absolute atomic E-state index is 5.67. The van der Waals surface area contributed by atoms with E-state index in [-0.39, 0.29) is 0 Å². The second-order valence-corrected chi connectivity index (χ2v) is 6.46. The molecular formula is C14H23N3O. The molecule has 1 aromatic rings. The molecule has 2 saturated heterocycles. The molecule has 4 nitrogen and oxygen atoms in total. The van der Waals surface area contributed by atoms with Gasteiger partial charge in [-0.2, -0.15) is 0 Å². The zero-order valence-electron chi connectivity index (χ0n) is 11.8. The molecule has 2 fully saturated rings. The Bertz CT molecular complexity index is 444. The third kappa shape index (κ3) is 1.88. The molecule has 1 aromatic heterocycles. The second-order valence-electron chi connectivity index (χ2n) is 6.46. The van der Waals surface area contributed by atoms with Crippen LogP contribution in [0, 0.1) is 18.3 Å². The summed E-state index contributed by atoms with van der Waals surface area (Å²) < 4.78 is 5.67. The van der Waals surface area contributed by atoms with Crippen molar-refractivity contribution in [3.8, 4) is 0 Å². The predicted octanol–water partition coefficient (Wildman–Crippen LogP) is 1.93. The van der Waals surface area contributed by atoms with Crippen LogP contribution in [0.4, 0.5) is 0 Å².